The summed E-state index contributed by atoms with van der Waals surface area (Å²) in [6, 6.07) is 4.21. The topological polar surface area (TPSA) is 107 Å². The van der Waals surface area contributed by atoms with Crippen LogP contribution in [0.25, 0.3) is 0 Å². The van der Waals surface area contributed by atoms with E-state index in [2.05, 4.69) is 4.72 Å². The highest BCUT2D eigenvalue weighted by Crippen LogP contribution is 2.20. The molecule has 0 fully saturated rings. The minimum atomic E-state index is -4.02. The highest BCUT2D eigenvalue weighted by molar-refractivity contribution is 7.89. The summed E-state index contributed by atoms with van der Waals surface area (Å²) in [5, 5.41) is 18.0. The van der Waals surface area contributed by atoms with Gasteiger partial charge in [0.2, 0.25) is 10.0 Å². The standard InChI is InChI=1S/C13H15ClN2O4S/c1-2-3-4-12(13(17)18)16-21(19,20)10-5-6-11(14)9(7-10)8-15/h5-7,12,16H,2-4H2,1H3,(H,17,18)/t12-/m0/s1. The second-order valence-corrected chi connectivity index (χ2v) is 6.53. The van der Waals surface area contributed by atoms with Crippen LogP contribution >= 0.6 is 11.6 Å². The van der Waals surface area contributed by atoms with Crippen LogP contribution in [0.1, 0.15) is 31.7 Å². The van der Waals surface area contributed by atoms with Gasteiger partial charge in [0.15, 0.2) is 0 Å². The predicted molar refractivity (Wildman–Crippen MR) is 77.4 cm³/mol. The molecule has 1 rings (SSSR count). The number of benzene rings is 1. The van der Waals surface area contributed by atoms with Crippen molar-refractivity contribution in [3.63, 3.8) is 0 Å². The smallest absolute Gasteiger partial charge is 0.321 e. The van der Waals surface area contributed by atoms with Crippen molar-refractivity contribution in [1.29, 1.82) is 5.26 Å². The van der Waals surface area contributed by atoms with Gasteiger partial charge in [0, 0.05) is 0 Å². The Morgan fingerprint density at radius 3 is 2.71 bits per heavy atom. The molecule has 0 heterocycles. The number of halogens is 1. The average Bonchev–Trinajstić information content (AvgIpc) is 2.43. The fraction of sp³-hybridized carbons (Fsp3) is 0.385. The van der Waals surface area contributed by atoms with E-state index in [-0.39, 0.29) is 21.9 Å². The van der Waals surface area contributed by atoms with Crippen LogP contribution in [-0.4, -0.2) is 25.5 Å². The number of nitrogens with one attached hydrogen (secondary N) is 1. The molecule has 1 aromatic rings. The molecule has 0 radical (unpaired) electrons. The molecule has 8 heteroatoms. The number of unbranched alkanes of at least 4 members (excludes halogenated alkanes) is 1. The van der Waals surface area contributed by atoms with Gasteiger partial charge >= 0.3 is 5.97 Å². The van der Waals surface area contributed by atoms with E-state index in [0.717, 1.165) is 12.5 Å². The van der Waals surface area contributed by atoms with Crippen molar-refractivity contribution >= 4 is 27.6 Å². The molecule has 0 aliphatic rings. The molecular weight excluding hydrogens is 316 g/mol. The number of carbonyl (C=O) groups is 1. The molecule has 0 aliphatic carbocycles. The number of carboxylic acids is 1. The first-order valence-electron chi connectivity index (χ1n) is 6.26. The van der Waals surface area contributed by atoms with Crippen LogP contribution in [0.3, 0.4) is 0 Å². The van der Waals surface area contributed by atoms with E-state index in [9.17, 15) is 13.2 Å². The van der Waals surface area contributed by atoms with E-state index in [4.69, 9.17) is 22.0 Å². The van der Waals surface area contributed by atoms with E-state index in [1.165, 1.54) is 12.1 Å². The highest BCUT2D eigenvalue weighted by Gasteiger charge is 2.25. The largest absolute Gasteiger partial charge is 0.480 e. The first-order chi connectivity index (χ1) is 9.81. The van der Waals surface area contributed by atoms with E-state index in [1.54, 1.807) is 6.07 Å². The zero-order valence-electron chi connectivity index (χ0n) is 11.3. The molecule has 2 N–H and O–H groups in total. The average molecular weight is 331 g/mol. The van der Waals surface area contributed by atoms with Crippen molar-refractivity contribution in [2.45, 2.75) is 37.1 Å². The van der Waals surface area contributed by atoms with Crippen LogP contribution in [0.15, 0.2) is 23.1 Å². The minimum absolute atomic E-state index is 0.0139. The Morgan fingerprint density at radius 1 is 1.52 bits per heavy atom. The van der Waals surface area contributed by atoms with Gasteiger partial charge in [-0.2, -0.15) is 9.98 Å². The predicted octanol–water partition coefficient (Wildman–Crippen LogP) is 2.13. The quantitative estimate of drug-likeness (QED) is 0.796. The van der Waals surface area contributed by atoms with Gasteiger partial charge < -0.3 is 5.11 Å². The second kappa shape index (κ2) is 7.41. The number of hydrogen-bond donors (Lipinski definition) is 2. The first-order valence-corrected chi connectivity index (χ1v) is 8.12. The molecule has 0 saturated heterocycles. The SMILES string of the molecule is CCCC[C@H](NS(=O)(=O)c1ccc(Cl)c(C#N)c1)C(=O)O. The normalized spacial score (nSPS) is 12.6. The Bertz CT molecular complexity index is 667. The molecule has 1 atom stereocenters. The van der Waals surface area contributed by atoms with Crippen molar-refractivity contribution in [3.8, 4) is 6.07 Å². The maximum atomic E-state index is 12.2. The third-order valence-corrected chi connectivity index (χ3v) is 4.61. The van der Waals surface area contributed by atoms with Gasteiger partial charge in [0.1, 0.15) is 12.1 Å². The lowest BCUT2D eigenvalue weighted by molar-refractivity contribution is -0.139. The van der Waals surface area contributed by atoms with E-state index < -0.39 is 22.0 Å². The molecule has 0 amide bonds. The van der Waals surface area contributed by atoms with Crippen molar-refractivity contribution < 1.29 is 18.3 Å². The number of hydrogen-bond acceptors (Lipinski definition) is 4. The molecule has 1 aromatic carbocycles. The summed E-state index contributed by atoms with van der Waals surface area (Å²) in [4.78, 5) is 10.9. The Balaban J connectivity index is 3.05. The fourth-order valence-electron chi connectivity index (χ4n) is 1.65. The minimum Gasteiger partial charge on any atom is -0.480 e. The molecule has 0 spiro atoms. The molecule has 0 saturated carbocycles. The maximum Gasteiger partial charge on any atom is 0.321 e. The summed E-state index contributed by atoms with van der Waals surface area (Å²) >= 11 is 5.74. The Morgan fingerprint density at radius 2 is 2.19 bits per heavy atom. The van der Waals surface area contributed by atoms with Crippen molar-refractivity contribution in [2.75, 3.05) is 0 Å². The summed E-state index contributed by atoms with van der Waals surface area (Å²) in [5.74, 6) is -1.23. The van der Waals surface area contributed by atoms with Gasteiger partial charge in [0.05, 0.1) is 15.5 Å². The number of rotatable bonds is 7. The summed E-state index contributed by atoms with van der Waals surface area (Å²) in [5.41, 5.74) is 0.0139. The lowest BCUT2D eigenvalue weighted by Gasteiger charge is -2.14. The van der Waals surface area contributed by atoms with Crippen LogP contribution in [0.2, 0.25) is 5.02 Å². The molecule has 0 unspecified atom stereocenters. The summed E-state index contributed by atoms with van der Waals surface area (Å²) < 4.78 is 26.5. The Kier molecular flexibility index (Phi) is 6.15. The van der Waals surface area contributed by atoms with E-state index >= 15 is 0 Å². The van der Waals surface area contributed by atoms with Crippen LogP contribution in [0.4, 0.5) is 0 Å². The number of carboxylic acid groups (broad SMARTS) is 1. The molecule has 0 bridgehead atoms. The molecular formula is C13H15ClN2O4S. The van der Waals surface area contributed by atoms with Gasteiger partial charge in [0.25, 0.3) is 0 Å². The van der Waals surface area contributed by atoms with Crippen LogP contribution in [-0.2, 0) is 14.8 Å². The van der Waals surface area contributed by atoms with Gasteiger partial charge in [-0.15, -0.1) is 0 Å². The summed E-state index contributed by atoms with van der Waals surface area (Å²) in [7, 11) is -4.02. The zero-order chi connectivity index (χ0) is 16.0. The third kappa shape index (κ3) is 4.70. The number of sulfonamides is 1. The van der Waals surface area contributed by atoms with Crippen LogP contribution < -0.4 is 4.72 Å². The number of nitriles is 1. The van der Waals surface area contributed by atoms with E-state index in [1.807, 2.05) is 6.92 Å². The van der Waals surface area contributed by atoms with Crippen LogP contribution in [0, 0.1) is 11.3 Å². The zero-order valence-corrected chi connectivity index (χ0v) is 12.9. The first kappa shape index (κ1) is 17.4. The van der Waals surface area contributed by atoms with Gasteiger partial charge in [-0.25, -0.2) is 8.42 Å². The van der Waals surface area contributed by atoms with Gasteiger partial charge in [-0.05, 0) is 24.6 Å². The third-order valence-electron chi connectivity index (χ3n) is 2.81. The van der Waals surface area contributed by atoms with Gasteiger partial charge in [-0.3, -0.25) is 4.79 Å². The second-order valence-electron chi connectivity index (χ2n) is 4.41. The van der Waals surface area contributed by atoms with Crippen LogP contribution in [0.5, 0.6) is 0 Å². The monoisotopic (exact) mass is 330 g/mol. The molecule has 0 aliphatic heterocycles. The summed E-state index contributed by atoms with van der Waals surface area (Å²) in [6.07, 6.45) is 1.54. The van der Waals surface area contributed by atoms with Crippen molar-refractivity contribution in [3.05, 3.63) is 28.8 Å². The van der Waals surface area contributed by atoms with Crippen molar-refractivity contribution in [1.82, 2.24) is 4.72 Å². The molecule has 114 valence electrons. The lowest BCUT2D eigenvalue weighted by Crippen LogP contribution is -2.40. The van der Waals surface area contributed by atoms with Gasteiger partial charge in [-0.1, -0.05) is 31.4 Å². The molecule has 21 heavy (non-hydrogen) atoms. The Hall–Kier alpha value is -1.62. The molecule has 0 aromatic heterocycles. The van der Waals surface area contributed by atoms with E-state index in [0.29, 0.717) is 6.42 Å². The maximum absolute atomic E-state index is 12.2. The van der Waals surface area contributed by atoms with Crippen molar-refractivity contribution in [2.24, 2.45) is 0 Å². The lowest BCUT2D eigenvalue weighted by atomic mass is 10.1. The highest BCUT2D eigenvalue weighted by atomic mass is 35.5. The fourth-order valence-corrected chi connectivity index (χ4v) is 3.06. The molecule has 6 nitrogen and oxygen atoms in total. The Labute approximate surface area is 128 Å². The number of nitrogens with zero attached hydrogens (tertiary/aromatic N) is 1. The number of aliphatic carboxylic acids is 1. The summed E-state index contributed by atoms with van der Waals surface area (Å²) in [6.45, 7) is 1.88.